The molecular formula is C14H13NO4S. The molecule has 0 spiro atoms. The first-order valence-electron chi connectivity index (χ1n) is 5.97. The fourth-order valence-electron chi connectivity index (χ4n) is 1.83. The first-order valence-corrected chi connectivity index (χ1v) is 7.62. The number of phenolic OH excluding ortho intramolecular Hbond substituents is 1. The van der Waals surface area contributed by atoms with E-state index in [9.17, 15) is 18.4 Å². The summed E-state index contributed by atoms with van der Waals surface area (Å²) in [5, 5.41) is 12.1. The van der Waals surface area contributed by atoms with E-state index in [1.165, 1.54) is 31.2 Å². The minimum absolute atomic E-state index is 0.0378. The number of hydrogen-bond donors (Lipinski definition) is 1. The molecule has 0 amide bonds. The molecule has 0 radical (unpaired) electrons. The summed E-state index contributed by atoms with van der Waals surface area (Å²) < 4.78 is 23.6. The van der Waals surface area contributed by atoms with Gasteiger partial charge in [-0.3, -0.25) is 0 Å². The van der Waals surface area contributed by atoms with Gasteiger partial charge in [0.05, 0.1) is 10.6 Å². The van der Waals surface area contributed by atoms with E-state index < -0.39 is 9.84 Å². The lowest BCUT2D eigenvalue weighted by Gasteiger charge is -2.07. The Morgan fingerprint density at radius 3 is 2.30 bits per heavy atom. The Morgan fingerprint density at radius 1 is 1.10 bits per heavy atom. The topological polar surface area (TPSA) is 83.8 Å². The number of aromatic hydroxyl groups is 1. The second-order valence-corrected chi connectivity index (χ2v) is 6.50. The largest absolute Gasteiger partial charge is 0.508 e. The Hall–Kier alpha value is -2.21. The van der Waals surface area contributed by atoms with Crippen LogP contribution in [-0.2, 0) is 9.84 Å². The van der Waals surface area contributed by atoms with Crippen LogP contribution in [0.4, 0.5) is 5.69 Å². The van der Waals surface area contributed by atoms with Crippen LogP contribution in [0.3, 0.4) is 0 Å². The quantitative estimate of drug-likeness (QED) is 0.876. The lowest BCUT2D eigenvalue weighted by Crippen LogP contribution is -2.03. The van der Waals surface area contributed by atoms with Crippen molar-refractivity contribution in [2.24, 2.45) is 5.18 Å². The van der Waals surface area contributed by atoms with E-state index in [-0.39, 0.29) is 22.1 Å². The average Bonchev–Trinajstić information content (AvgIpc) is 2.47. The van der Waals surface area contributed by atoms with Crippen molar-refractivity contribution in [3.63, 3.8) is 0 Å². The zero-order chi connectivity index (χ0) is 14.8. The molecule has 2 aromatic rings. The highest BCUT2D eigenvalue weighted by Crippen LogP contribution is 2.33. The van der Waals surface area contributed by atoms with Crippen LogP contribution in [-0.4, -0.2) is 19.3 Å². The van der Waals surface area contributed by atoms with Gasteiger partial charge in [0.2, 0.25) is 0 Å². The van der Waals surface area contributed by atoms with E-state index >= 15 is 0 Å². The fourth-order valence-corrected chi connectivity index (χ4v) is 2.73. The number of hydrogen-bond acceptors (Lipinski definition) is 5. The summed E-state index contributed by atoms with van der Waals surface area (Å²) in [6.45, 7) is 1.54. The van der Waals surface area contributed by atoms with Gasteiger partial charge < -0.3 is 5.11 Å². The number of nitroso groups, excluding NO2 is 1. The molecule has 0 bridgehead atoms. The van der Waals surface area contributed by atoms with Crippen LogP contribution in [0.5, 0.6) is 5.75 Å². The second kappa shape index (κ2) is 5.42. The van der Waals surface area contributed by atoms with E-state index in [0.29, 0.717) is 11.1 Å². The monoisotopic (exact) mass is 291 g/mol. The van der Waals surface area contributed by atoms with Crippen molar-refractivity contribution >= 4 is 15.5 Å². The van der Waals surface area contributed by atoms with Crippen molar-refractivity contribution in [2.45, 2.75) is 11.8 Å². The van der Waals surface area contributed by atoms with Crippen molar-refractivity contribution in [3.05, 3.63) is 47.4 Å². The second-order valence-electron chi connectivity index (χ2n) is 4.22. The van der Waals surface area contributed by atoms with Gasteiger partial charge in [0.15, 0.2) is 9.84 Å². The van der Waals surface area contributed by atoms with E-state index in [1.807, 2.05) is 0 Å². The third kappa shape index (κ3) is 2.70. The van der Waals surface area contributed by atoms with Gasteiger partial charge in [-0.15, -0.1) is 4.91 Å². The molecule has 2 rings (SSSR count). The summed E-state index contributed by atoms with van der Waals surface area (Å²) in [7, 11) is -3.38. The van der Waals surface area contributed by atoms with Crippen LogP contribution in [0.2, 0.25) is 0 Å². The van der Waals surface area contributed by atoms with Gasteiger partial charge in [0.25, 0.3) is 0 Å². The highest BCUT2D eigenvalue weighted by Gasteiger charge is 2.15. The zero-order valence-electron chi connectivity index (χ0n) is 10.8. The molecule has 0 saturated heterocycles. The fraction of sp³-hybridized carbons (Fsp3) is 0.143. The standard InChI is InChI=1S/C14H13NO4S/c1-2-20(18,19)12-7-8-13(14(9-12)15-17)10-3-5-11(16)6-4-10/h3-9,16H,2H2,1H3. The predicted molar refractivity (Wildman–Crippen MR) is 76.7 cm³/mol. The van der Waals surface area contributed by atoms with Crippen LogP contribution in [0.1, 0.15) is 6.92 Å². The number of sulfone groups is 1. The molecule has 0 saturated carbocycles. The minimum atomic E-state index is -3.38. The molecule has 0 unspecified atom stereocenters. The van der Waals surface area contributed by atoms with Gasteiger partial charge in [-0.2, -0.15) is 0 Å². The molecule has 0 aliphatic rings. The Morgan fingerprint density at radius 2 is 1.75 bits per heavy atom. The molecule has 0 aliphatic heterocycles. The van der Waals surface area contributed by atoms with Crippen molar-refractivity contribution in [1.82, 2.24) is 0 Å². The first kappa shape index (κ1) is 14.2. The molecule has 104 valence electrons. The van der Waals surface area contributed by atoms with Crippen LogP contribution in [0.15, 0.2) is 52.5 Å². The van der Waals surface area contributed by atoms with Crippen molar-refractivity contribution in [3.8, 4) is 16.9 Å². The van der Waals surface area contributed by atoms with Gasteiger partial charge in [-0.05, 0) is 35.0 Å². The molecule has 0 aromatic heterocycles. The molecule has 6 heteroatoms. The van der Waals surface area contributed by atoms with Crippen LogP contribution in [0.25, 0.3) is 11.1 Å². The Kier molecular flexibility index (Phi) is 3.85. The minimum Gasteiger partial charge on any atom is -0.508 e. The molecule has 0 aliphatic carbocycles. The Balaban J connectivity index is 2.57. The summed E-state index contributed by atoms with van der Waals surface area (Å²) in [5.41, 5.74) is 1.26. The number of benzene rings is 2. The van der Waals surface area contributed by atoms with E-state index in [1.54, 1.807) is 18.2 Å². The maximum absolute atomic E-state index is 11.8. The predicted octanol–water partition coefficient (Wildman–Crippen LogP) is 3.25. The van der Waals surface area contributed by atoms with Crippen molar-refractivity contribution in [1.29, 1.82) is 0 Å². The highest BCUT2D eigenvalue weighted by molar-refractivity contribution is 7.91. The van der Waals surface area contributed by atoms with Gasteiger partial charge in [-0.25, -0.2) is 8.42 Å². The maximum Gasteiger partial charge on any atom is 0.178 e. The van der Waals surface area contributed by atoms with E-state index in [4.69, 9.17) is 0 Å². The first-order chi connectivity index (χ1) is 9.47. The van der Waals surface area contributed by atoms with Gasteiger partial charge in [0, 0.05) is 5.56 Å². The maximum atomic E-state index is 11.8. The average molecular weight is 291 g/mol. The molecule has 0 heterocycles. The van der Waals surface area contributed by atoms with Gasteiger partial charge in [-0.1, -0.05) is 25.1 Å². The third-order valence-corrected chi connectivity index (χ3v) is 4.72. The summed E-state index contributed by atoms with van der Waals surface area (Å²) in [6.07, 6.45) is 0. The number of rotatable bonds is 4. The highest BCUT2D eigenvalue weighted by atomic mass is 32.2. The number of nitrogens with zero attached hydrogens (tertiary/aromatic N) is 1. The van der Waals surface area contributed by atoms with Crippen molar-refractivity contribution < 1.29 is 13.5 Å². The lowest BCUT2D eigenvalue weighted by molar-refractivity contribution is 0.475. The lowest BCUT2D eigenvalue weighted by atomic mass is 10.0. The summed E-state index contributed by atoms with van der Waals surface area (Å²) >= 11 is 0. The number of phenols is 1. The molecule has 1 N–H and O–H groups in total. The summed E-state index contributed by atoms with van der Waals surface area (Å²) in [5.74, 6) is 0.0728. The zero-order valence-corrected chi connectivity index (χ0v) is 11.6. The summed E-state index contributed by atoms with van der Waals surface area (Å²) in [4.78, 5) is 11.0. The smallest absolute Gasteiger partial charge is 0.178 e. The van der Waals surface area contributed by atoms with Crippen LogP contribution >= 0.6 is 0 Å². The van der Waals surface area contributed by atoms with Crippen LogP contribution in [0, 0.1) is 4.91 Å². The third-order valence-electron chi connectivity index (χ3n) is 2.99. The molecule has 2 aromatic carbocycles. The van der Waals surface area contributed by atoms with Gasteiger partial charge in [0.1, 0.15) is 11.4 Å². The molecule has 0 fully saturated rings. The van der Waals surface area contributed by atoms with E-state index in [0.717, 1.165) is 0 Å². The van der Waals surface area contributed by atoms with Crippen LogP contribution < -0.4 is 0 Å². The normalized spacial score (nSPS) is 11.2. The summed E-state index contributed by atoms with van der Waals surface area (Å²) in [6, 6.07) is 10.5. The molecule has 0 atom stereocenters. The molecular weight excluding hydrogens is 278 g/mol. The Bertz CT molecular complexity index is 736. The van der Waals surface area contributed by atoms with Gasteiger partial charge >= 0.3 is 0 Å². The molecule has 20 heavy (non-hydrogen) atoms. The van der Waals surface area contributed by atoms with Crippen molar-refractivity contribution in [2.75, 3.05) is 5.75 Å². The Labute approximate surface area is 116 Å². The molecule has 5 nitrogen and oxygen atoms in total. The SMILES string of the molecule is CCS(=O)(=O)c1ccc(-c2ccc(O)cc2)c(N=O)c1. The van der Waals surface area contributed by atoms with E-state index in [2.05, 4.69) is 5.18 Å².